The Hall–Kier alpha value is -0.0800. The summed E-state index contributed by atoms with van der Waals surface area (Å²) in [6.07, 6.45) is 11.5. The molecule has 2 fully saturated rings. The zero-order chi connectivity index (χ0) is 11.2. The van der Waals surface area contributed by atoms with Crippen LogP contribution in [0.3, 0.4) is 0 Å². The molecule has 2 rings (SSSR count). The van der Waals surface area contributed by atoms with Crippen LogP contribution in [0.2, 0.25) is 0 Å². The van der Waals surface area contributed by atoms with Crippen molar-refractivity contribution in [3.63, 3.8) is 0 Å². The molecule has 0 aromatic heterocycles. The van der Waals surface area contributed by atoms with Crippen LogP contribution in [0.5, 0.6) is 0 Å². The van der Waals surface area contributed by atoms with Gasteiger partial charge in [0, 0.05) is 18.6 Å². The molecule has 0 aromatic carbocycles. The fraction of sp³-hybridized carbons (Fsp3) is 1.00. The van der Waals surface area contributed by atoms with Gasteiger partial charge in [-0.1, -0.05) is 25.7 Å². The molecule has 1 aliphatic heterocycles. The standard InChI is InChI=1S/C14H28N2/c1-12(13-7-4-2-3-5-8-13)16-11-14-9-6-10-15-14/h12-16H,2-11H2,1H3/t12-,14?/m0/s1. The first-order chi connectivity index (χ1) is 7.86. The van der Waals surface area contributed by atoms with Crippen molar-refractivity contribution >= 4 is 0 Å². The van der Waals surface area contributed by atoms with Crippen LogP contribution in [-0.2, 0) is 0 Å². The van der Waals surface area contributed by atoms with E-state index in [1.807, 2.05) is 0 Å². The maximum absolute atomic E-state index is 3.76. The van der Waals surface area contributed by atoms with Crippen LogP contribution in [-0.4, -0.2) is 25.2 Å². The topological polar surface area (TPSA) is 24.1 Å². The van der Waals surface area contributed by atoms with Crippen molar-refractivity contribution in [2.24, 2.45) is 5.92 Å². The lowest BCUT2D eigenvalue weighted by atomic mass is 9.93. The normalized spacial score (nSPS) is 30.2. The van der Waals surface area contributed by atoms with Gasteiger partial charge >= 0.3 is 0 Å². The van der Waals surface area contributed by atoms with E-state index in [9.17, 15) is 0 Å². The Bertz CT molecular complexity index is 179. The van der Waals surface area contributed by atoms with E-state index in [1.165, 1.54) is 64.5 Å². The second-order valence-corrected chi connectivity index (χ2v) is 5.74. The molecule has 1 heterocycles. The highest BCUT2D eigenvalue weighted by atomic mass is 15.0. The maximum atomic E-state index is 3.76. The van der Waals surface area contributed by atoms with Gasteiger partial charge in [-0.3, -0.25) is 0 Å². The summed E-state index contributed by atoms with van der Waals surface area (Å²) in [6, 6.07) is 1.47. The largest absolute Gasteiger partial charge is 0.313 e. The molecule has 1 unspecified atom stereocenters. The predicted octanol–water partition coefficient (Wildman–Crippen LogP) is 2.69. The Kier molecular flexibility index (Phi) is 5.11. The molecule has 2 aliphatic rings. The molecule has 2 nitrogen and oxygen atoms in total. The summed E-state index contributed by atoms with van der Waals surface area (Å²) in [5.74, 6) is 0.934. The van der Waals surface area contributed by atoms with Gasteiger partial charge in [0.05, 0.1) is 0 Å². The minimum absolute atomic E-state index is 0.723. The minimum Gasteiger partial charge on any atom is -0.313 e. The molecule has 0 aromatic rings. The van der Waals surface area contributed by atoms with Crippen LogP contribution in [0.4, 0.5) is 0 Å². The monoisotopic (exact) mass is 224 g/mol. The molecule has 1 aliphatic carbocycles. The van der Waals surface area contributed by atoms with E-state index in [-0.39, 0.29) is 0 Å². The van der Waals surface area contributed by atoms with Crippen LogP contribution in [0.15, 0.2) is 0 Å². The van der Waals surface area contributed by atoms with Crippen LogP contribution in [0.1, 0.15) is 58.3 Å². The number of nitrogens with one attached hydrogen (secondary N) is 2. The quantitative estimate of drug-likeness (QED) is 0.718. The van der Waals surface area contributed by atoms with E-state index in [1.54, 1.807) is 0 Å². The molecule has 94 valence electrons. The zero-order valence-corrected chi connectivity index (χ0v) is 10.8. The van der Waals surface area contributed by atoms with Crippen molar-refractivity contribution in [3.8, 4) is 0 Å². The summed E-state index contributed by atoms with van der Waals surface area (Å²) in [4.78, 5) is 0. The Labute approximate surface area is 101 Å². The number of hydrogen-bond donors (Lipinski definition) is 2. The van der Waals surface area contributed by atoms with Crippen molar-refractivity contribution in [2.75, 3.05) is 13.1 Å². The third-order valence-corrected chi connectivity index (χ3v) is 4.46. The molecular formula is C14H28N2. The summed E-state index contributed by atoms with van der Waals surface area (Å²) in [5.41, 5.74) is 0. The lowest BCUT2D eigenvalue weighted by Crippen LogP contribution is -2.41. The summed E-state index contributed by atoms with van der Waals surface area (Å²) in [6.45, 7) is 4.80. The molecule has 2 N–H and O–H groups in total. The van der Waals surface area contributed by atoms with E-state index in [4.69, 9.17) is 0 Å². The first-order valence-corrected chi connectivity index (χ1v) is 7.33. The fourth-order valence-corrected chi connectivity index (χ4v) is 3.24. The van der Waals surface area contributed by atoms with Crippen molar-refractivity contribution in [1.29, 1.82) is 0 Å². The molecule has 2 atom stereocenters. The average molecular weight is 224 g/mol. The summed E-state index contributed by atoms with van der Waals surface area (Å²) < 4.78 is 0. The van der Waals surface area contributed by atoms with Gasteiger partial charge in [-0.05, 0) is 45.1 Å². The molecular weight excluding hydrogens is 196 g/mol. The SMILES string of the molecule is C[C@H](NCC1CCCN1)C1CCCCCC1. The van der Waals surface area contributed by atoms with Gasteiger partial charge in [0.1, 0.15) is 0 Å². The van der Waals surface area contributed by atoms with E-state index in [0.717, 1.165) is 18.0 Å². The van der Waals surface area contributed by atoms with E-state index in [2.05, 4.69) is 17.6 Å². The van der Waals surface area contributed by atoms with Crippen molar-refractivity contribution in [3.05, 3.63) is 0 Å². The highest BCUT2D eigenvalue weighted by molar-refractivity contribution is 4.80. The highest BCUT2D eigenvalue weighted by Gasteiger charge is 2.20. The first kappa shape index (κ1) is 12.4. The Morgan fingerprint density at radius 1 is 1.06 bits per heavy atom. The van der Waals surface area contributed by atoms with Crippen molar-refractivity contribution in [2.45, 2.75) is 70.4 Å². The van der Waals surface area contributed by atoms with Gasteiger partial charge in [0.2, 0.25) is 0 Å². The molecule has 16 heavy (non-hydrogen) atoms. The summed E-state index contributed by atoms with van der Waals surface area (Å²) in [5, 5.41) is 7.32. The van der Waals surface area contributed by atoms with Gasteiger partial charge in [-0.2, -0.15) is 0 Å². The maximum Gasteiger partial charge on any atom is 0.0193 e. The molecule has 2 heteroatoms. The van der Waals surface area contributed by atoms with E-state index in [0.29, 0.717) is 0 Å². The predicted molar refractivity (Wildman–Crippen MR) is 69.7 cm³/mol. The molecule has 0 amide bonds. The van der Waals surface area contributed by atoms with Crippen LogP contribution in [0, 0.1) is 5.92 Å². The third-order valence-electron chi connectivity index (χ3n) is 4.46. The zero-order valence-electron chi connectivity index (χ0n) is 10.8. The third kappa shape index (κ3) is 3.74. The minimum atomic E-state index is 0.723. The van der Waals surface area contributed by atoms with Crippen LogP contribution in [0.25, 0.3) is 0 Å². The Morgan fingerprint density at radius 2 is 1.81 bits per heavy atom. The average Bonchev–Trinajstić information content (AvgIpc) is 2.66. The van der Waals surface area contributed by atoms with Crippen LogP contribution < -0.4 is 10.6 Å². The fourth-order valence-electron chi connectivity index (χ4n) is 3.24. The molecule has 0 radical (unpaired) electrons. The number of hydrogen-bond acceptors (Lipinski definition) is 2. The van der Waals surface area contributed by atoms with Crippen molar-refractivity contribution in [1.82, 2.24) is 10.6 Å². The number of rotatable bonds is 4. The first-order valence-electron chi connectivity index (χ1n) is 7.33. The van der Waals surface area contributed by atoms with Gasteiger partial charge in [-0.25, -0.2) is 0 Å². The van der Waals surface area contributed by atoms with E-state index >= 15 is 0 Å². The van der Waals surface area contributed by atoms with E-state index < -0.39 is 0 Å². The molecule has 0 bridgehead atoms. The van der Waals surface area contributed by atoms with Gasteiger partial charge in [0.15, 0.2) is 0 Å². The lowest BCUT2D eigenvalue weighted by molar-refractivity contribution is 0.328. The molecule has 0 spiro atoms. The van der Waals surface area contributed by atoms with Gasteiger partial charge < -0.3 is 10.6 Å². The molecule has 1 saturated heterocycles. The summed E-state index contributed by atoms with van der Waals surface area (Å²) >= 11 is 0. The van der Waals surface area contributed by atoms with Crippen LogP contribution >= 0.6 is 0 Å². The van der Waals surface area contributed by atoms with Gasteiger partial charge in [-0.15, -0.1) is 0 Å². The Balaban J connectivity index is 1.66. The summed E-state index contributed by atoms with van der Waals surface area (Å²) in [7, 11) is 0. The Morgan fingerprint density at radius 3 is 2.44 bits per heavy atom. The van der Waals surface area contributed by atoms with Gasteiger partial charge in [0.25, 0.3) is 0 Å². The smallest absolute Gasteiger partial charge is 0.0193 e. The highest BCUT2D eigenvalue weighted by Crippen LogP contribution is 2.25. The second kappa shape index (κ2) is 6.61. The lowest BCUT2D eigenvalue weighted by Gasteiger charge is -2.25. The van der Waals surface area contributed by atoms with Crippen molar-refractivity contribution < 1.29 is 0 Å². The molecule has 1 saturated carbocycles. The second-order valence-electron chi connectivity index (χ2n) is 5.74.